The van der Waals surface area contributed by atoms with Crippen molar-refractivity contribution in [1.82, 2.24) is 4.98 Å². The van der Waals surface area contributed by atoms with Crippen molar-refractivity contribution < 1.29 is 32.6 Å². The van der Waals surface area contributed by atoms with Gasteiger partial charge >= 0.3 is 12.1 Å². The van der Waals surface area contributed by atoms with Crippen molar-refractivity contribution in [2.75, 3.05) is 4.90 Å². The first-order valence-electron chi connectivity index (χ1n) is 11.1. The van der Waals surface area contributed by atoms with Crippen LogP contribution < -0.4 is 9.64 Å². The molecule has 9 heteroatoms. The first-order chi connectivity index (χ1) is 16.6. The van der Waals surface area contributed by atoms with Crippen LogP contribution in [0.15, 0.2) is 60.8 Å². The Morgan fingerprint density at radius 2 is 1.77 bits per heavy atom. The van der Waals surface area contributed by atoms with Crippen molar-refractivity contribution >= 4 is 17.6 Å². The van der Waals surface area contributed by atoms with Gasteiger partial charge in [-0.2, -0.15) is 13.2 Å². The third-order valence-corrected chi connectivity index (χ3v) is 5.69. The summed E-state index contributed by atoms with van der Waals surface area (Å²) >= 11 is 0. The van der Waals surface area contributed by atoms with E-state index in [4.69, 9.17) is 4.74 Å². The second-order valence-electron chi connectivity index (χ2n) is 8.61. The molecule has 0 spiro atoms. The highest BCUT2D eigenvalue weighted by Crippen LogP contribution is 2.40. The van der Waals surface area contributed by atoms with Crippen molar-refractivity contribution in [3.63, 3.8) is 0 Å². The van der Waals surface area contributed by atoms with E-state index in [0.717, 1.165) is 42.8 Å². The van der Waals surface area contributed by atoms with Crippen LogP contribution in [0.25, 0.3) is 0 Å². The number of hydrogen-bond acceptors (Lipinski definition) is 4. The molecule has 0 radical (unpaired) electrons. The van der Waals surface area contributed by atoms with Gasteiger partial charge in [-0.15, -0.1) is 0 Å². The van der Waals surface area contributed by atoms with Crippen LogP contribution in [-0.4, -0.2) is 28.0 Å². The van der Waals surface area contributed by atoms with Crippen LogP contribution in [0, 0.1) is 0 Å². The summed E-state index contributed by atoms with van der Waals surface area (Å²) in [6, 6.07) is 12.6. The Labute approximate surface area is 200 Å². The Balaban J connectivity index is 1.68. The van der Waals surface area contributed by atoms with Crippen LogP contribution in [0.3, 0.4) is 0 Å². The molecule has 1 N–H and O–H groups in total. The third kappa shape index (κ3) is 5.29. The second kappa shape index (κ2) is 9.40. The number of aromatic nitrogens is 1. The Morgan fingerprint density at radius 1 is 1.09 bits per heavy atom. The summed E-state index contributed by atoms with van der Waals surface area (Å²) in [5, 5.41) is 9.84. The topological polar surface area (TPSA) is 79.7 Å². The number of rotatable bonds is 7. The van der Waals surface area contributed by atoms with Crippen molar-refractivity contribution in [2.24, 2.45) is 0 Å². The van der Waals surface area contributed by atoms with Gasteiger partial charge in [-0.1, -0.05) is 12.1 Å². The van der Waals surface area contributed by atoms with Gasteiger partial charge in [-0.25, -0.2) is 9.78 Å². The van der Waals surface area contributed by atoms with E-state index in [-0.39, 0.29) is 22.9 Å². The fourth-order valence-corrected chi connectivity index (χ4v) is 3.84. The summed E-state index contributed by atoms with van der Waals surface area (Å²) in [6.07, 6.45) is -1.30. The quantitative estimate of drug-likeness (QED) is 0.413. The van der Waals surface area contributed by atoms with E-state index in [1.165, 1.54) is 17.0 Å². The second-order valence-corrected chi connectivity index (χ2v) is 8.61. The van der Waals surface area contributed by atoms with Crippen LogP contribution >= 0.6 is 0 Å². The fourth-order valence-electron chi connectivity index (χ4n) is 3.84. The molecule has 1 fully saturated rings. The zero-order valence-electron chi connectivity index (χ0n) is 19.0. The summed E-state index contributed by atoms with van der Waals surface area (Å²) in [5.41, 5.74) is 0.299. The number of ether oxygens (including phenoxy) is 1. The summed E-state index contributed by atoms with van der Waals surface area (Å²) < 4.78 is 45.2. The zero-order chi connectivity index (χ0) is 25.3. The molecule has 1 aliphatic carbocycles. The monoisotopic (exact) mass is 484 g/mol. The van der Waals surface area contributed by atoms with Crippen molar-refractivity contribution in [1.29, 1.82) is 0 Å². The lowest BCUT2D eigenvalue weighted by atomic mass is 10.0. The van der Waals surface area contributed by atoms with Crippen LogP contribution in [0.1, 0.15) is 64.4 Å². The lowest BCUT2D eigenvalue weighted by Gasteiger charge is -2.28. The Morgan fingerprint density at radius 3 is 2.34 bits per heavy atom. The van der Waals surface area contributed by atoms with E-state index < -0.39 is 29.6 Å². The molecular formula is C26H23F3N2O4. The standard InChI is InChI=1S/C26H23F3N2O4/c1-15(2)31(24(32)18-9-7-17(8-10-18)16-5-6-16)22-12-11-19(14-20(22)25(33)34)35-23-21(26(27,28)29)4-3-13-30-23/h3-4,7-16H,5-6H2,1-2H3,(H,33,34). The summed E-state index contributed by atoms with van der Waals surface area (Å²) in [6.45, 7) is 3.49. The van der Waals surface area contributed by atoms with Gasteiger partial charge in [-0.3, -0.25) is 4.79 Å². The van der Waals surface area contributed by atoms with Crippen molar-refractivity contribution in [3.8, 4) is 11.6 Å². The normalized spacial score (nSPS) is 13.5. The molecule has 0 unspecified atom stereocenters. The zero-order valence-corrected chi connectivity index (χ0v) is 19.0. The fraction of sp³-hybridized carbons (Fsp3) is 0.269. The Kier molecular flexibility index (Phi) is 6.51. The molecule has 0 saturated heterocycles. The number of anilines is 1. The Bertz CT molecular complexity index is 1250. The molecule has 1 saturated carbocycles. The van der Waals surface area contributed by atoms with Gasteiger partial charge in [0.25, 0.3) is 5.91 Å². The maximum absolute atomic E-state index is 13.4. The van der Waals surface area contributed by atoms with E-state index in [9.17, 15) is 27.9 Å². The van der Waals surface area contributed by atoms with Crippen molar-refractivity contribution in [3.05, 3.63) is 83.0 Å². The van der Waals surface area contributed by atoms with Gasteiger partial charge in [0.1, 0.15) is 11.3 Å². The van der Waals surface area contributed by atoms with E-state index in [1.807, 2.05) is 12.1 Å². The third-order valence-electron chi connectivity index (χ3n) is 5.69. The highest BCUT2D eigenvalue weighted by Gasteiger charge is 2.35. The minimum Gasteiger partial charge on any atom is -0.478 e. The number of carbonyl (C=O) groups is 2. The summed E-state index contributed by atoms with van der Waals surface area (Å²) in [4.78, 5) is 30.4. The molecule has 0 bridgehead atoms. The predicted octanol–water partition coefficient (Wildman–Crippen LogP) is 6.52. The number of halogens is 3. The molecule has 0 aliphatic heterocycles. The molecule has 182 valence electrons. The lowest BCUT2D eigenvalue weighted by molar-refractivity contribution is -0.138. The first-order valence-corrected chi connectivity index (χ1v) is 11.1. The molecule has 3 aromatic rings. The molecule has 1 heterocycles. The Hall–Kier alpha value is -3.88. The highest BCUT2D eigenvalue weighted by molar-refractivity contribution is 6.09. The molecule has 4 rings (SSSR count). The number of alkyl halides is 3. The molecule has 6 nitrogen and oxygen atoms in total. The number of hydrogen-bond donors (Lipinski definition) is 1. The van der Waals surface area contributed by atoms with E-state index in [2.05, 4.69) is 4.98 Å². The van der Waals surface area contributed by atoms with Gasteiger partial charge < -0.3 is 14.7 Å². The number of benzene rings is 2. The molecule has 1 aliphatic rings. The summed E-state index contributed by atoms with van der Waals surface area (Å²) in [7, 11) is 0. The SMILES string of the molecule is CC(C)N(C(=O)c1ccc(C2CC2)cc1)c1ccc(Oc2ncccc2C(F)(F)F)cc1C(=O)O. The maximum Gasteiger partial charge on any atom is 0.421 e. The number of nitrogens with zero attached hydrogens (tertiary/aromatic N) is 2. The number of amides is 1. The predicted molar refractivity (Wildman–Crippen MR) is 123 cm³/mol. The molecule has 35 heavy (non-hydrogen) atoms. The van der Waals surface area contributed by atoms with Gasteiger partial charge in [0, 0.05) is 17.8 Å². The molecule has 2 aromatic carbocycles. The van der Waals surface area contributed by atoms with Crippen molar-refractivity contribution in [2.45, 2.75) is 44.8 Å². The number of pyridine rings is 1. The smallest absolute Gasteiger partial charge is 0.421 e. The van der Waals surface area contributed by atoms with E-state index >= 15 is 0 Å². The highest BCUT2D eigenvalue weighted by atomic mass is 19.4. The van der Waals surface area contributed by atoms with Crippen LogP contribution in [-0.2, 0) is 6.18 Å². The van der Waals surface area contributed by atoms with Crippen LogP contribution in [0.4, 0.5) is 18.9 Å². The number of aromatic carboxylic acids is 1. The van der Waals surface area contributed by atoms with Gasteiger partial charge in [-0.05, 0) is 80.6 Å². The number of carboxylic acids is 1. The van der Waals surface area contributed by atoms with Gasteiger partial charge in [0.05, 0.1) is 11.3 Å². The number of carbonyl (C=O) groups excluding carboxylic acids is 1. The molecule has 0 atom stereocenters. The molecule has 1 aromatic heterocycles. The van der Waals surface area contributed by atoms with Gasteiger partial charge in [0.15, 0.2) is 0 Å². The molecular weight excluding hydrogens is 461 g/mol. The average molecular weight is 484 g/mol. The number of carboxylic acid groups (broad SMARTS) is 1. The van der Waals surface area contributed by atoms with Crippen LogP contribution in [0.5, 0.6) is 11.6 Å². The maximum atomic E-state index is 13.4. The van der Waals surface area contributed by atoms with Crippen LogP contribution in [0.2, 0.25) is 0 Å². The average Bonchev–Trinajstić information content (AvgIpc) is 3.65. The minimum atomic E-state index is -4.70. The minimum absolute atomic E-state index is 0.105. The first kappa shape index (κ1) is 24.3. The van der Waals surface area contributed by atoms with Gasteiger partial charge in [0.2, 0.25) is 5.88 Å². The lowest BCUT2D eigenvalue weighted by Crippen LogP contribution is -2.38. The van der Waals surface area contributed by atoms with E-state index in [0.29, 0.717) is 11.5 Å². The van der Waals surface area contributed by atoms with E-state index in [1.54, 1.807) is 26.0 Å². The largest absolute Gasteiger partial charge is 0.478 e. The summed E-state index contributed by atoms with van der Waals surface area (Å²) in [5.74, 6) is -2.06. The molecule has 1 amide bonds.